The fraction of sp³-hybridized carbons (Fsp3) is 0.438. The van der Waals surface area contributed by atoms with E-state index in [0.717, 1.165) is 18.7 Å². The average Bonchev–Trinajstić information content (AvgIpc) is 2.87. The van der Waals surface area contributed by atoms with Crippen LogP contribution in [0.15, 0.2) is 29.6 Å². The van der Waals surface area contributed by atoms with Crippen molar-refractivity contribution in [1.82, 2.24) is 10.3 Å². The van der Waals surface area contributed by atoms with E-state index in [1.807, 2.05) is 0 Å². The van der Waals surface area contributed by atoms with E-state index in [4.69, 9.17) is 0 Å². The molecule has 100 valence electrons. The van der Waals surface area contributed by atoms with Crippen molar-refractivity contribution in [3.63, 3.8) is 0 Å². The van der Waals surface area contributed by atoms with Crippen LogP contribution in [-0.2, 0) is 13.0 Å². The molecule has 1 aromatic heterocycles. The molecule has 0 saturated heterocycles. The second-order valence-corrected chi connectivity index (χ2v) is 7.00. The lowest BCUT2D eigenvalue weighted by Crippen LogP contribution is -2.30. The Hall–Kier alpha value is -1.19. The summed E-state index contributed by atoms with van der Waals surface area (Å²) in [6.07, 6.45) is 1.15. The van der Waals surface area contributed by atoms with Gasteiger partial charge in [-0.2, -0.15) is 0 Å². The monoisotopic (exact) mass is 272 g/mol. The van der Waals surface area contributed by atoms with Crippen molar-refractivity contribution in [2.75, 3.05) is 0 Å². The quantitative estimate of drug-likeness (QED) is 0.917. The van der Waals surface area contributed by atoms with Gasteiger partial charge in [0, 0.05) is 23.7 Å². The largest absolute Gasteiger partial charge is 0.303 e. The van der Waals surface area contributed by atoms with Crippen LogP contribution in [0, 0.1) is 12.3 Å². The molecule has 3 heteroatoms. The van der Waals surface area contributed by atoms with Gasteiger partial charge in [-0.25, -0.2) is 4.98 Å². The van der Waals surface area contributed by atoms with Gasteiger partial charge < -0.3 is 5.32 Å². The first kappa shape index (κ1) is 12.8. The van der Waals surface area contributed by atoms with Crippen LogP contribution in [0.1, 0.15) is 41.7 Å². The van der Waals surface area contributed by atoms with Gasteiger partial charge in [-0.3, -0.25) is 0 Å². The third-order valence-electron chi connectivity index (χ3n) is 3.92. The fourth-order valence-corrected chi connectivity index (χ4v) is 3.77. The average molecular weight is 272 g/mol. The summed E-state index contributed by atoms with van der Waals surface area (Å²) in [4.78, 5) is 4.53. The van der Waals surface area contributed by atoms with Gasteiger partial charge in [0.05, 0.1) is 0 Å². The number of fused-ring (bicyclic) bond motifs is 1. The maximum atomic E-state index is 4.53. The van der Waals surface area contributed by atoms with Crippen LogP contribution in [0.5, 0.6) is 0 Å². The highest BCUT2D eigenvalue weighted by Crippen LogP contribution is 2.45. The van der Waals surface area contributed by atoms with E-state index in [9.17, 15) is 0 Å². The number of nitrogens with one attached hydrogen (secondary N) is 1. The molecular formula is C16H20N2S. The van der Waals surface area contributed by atoms with Crippen molar-refractivity contribution in [2.24, 2.45) is 5.41 Å². The Morgan fingerprint density at radius 1 is 1.37 bits per heavy atom. The topological polar surface area (TPSA) is 24.9 Å². The van der Waals surface area contributed by atoms with Gasteiger partial charge in [0.2, 0.25) is 0 Å². The first-order chi connectivity index (χ1) is 9.06. The molecular weight excluding hydrogens is 252 g/mol. The summed E-state index contributed by atoms with van der Waals surface area (Å²) in [7, 11) is 0. The minimum absolute atomic E-state index is 0.274. The summed E-state index contributed by atoms with van der Waals surface area (Å²) >= 11 is 1.74. The molecule has 0 bridgehead atoms. The summed E-state index contributed by atoms with van der Waals surface area (Å²) in [6, 6.07) is 9.22. The minimum Gasteiger partial charge on any atom is -0.303 e. The molecule has 0 saturated carbocycles. The molecule has 0 spiro atoms. The van der Waals surface area contributed by atoms with E-state index >= 15 is 0 Å². The molecule has 0 radical (unpaired) electrons. The Morgan fingerprint density at radius 2 is 2.16 bits per heavy atom. The molecule has 1 atom stereocenters. The maximum Gasteiger partial charge on any atom is 0.107 e. The number of hydrogen-bond donors (Lipinski definition) is 1. The molecule has 2 aromatic rings. The summed E-state index contributed by atoms with van der Waals surface area (Å²) in [5.74, 6) is 0. The van der Waals surface area contributed by atoms with E-state index in [1.54, 1.807) is 11.3 Å². The van der Waals surface area contributed by atoms with E-state index in [0.29, 0.717) is 6.04 Å². The Kier molecular flexibility index (Phi) is 3.19. The standard InChI is InChI=1S/C16H20N2S/c1-11-10-19-14(18-11)9-17-15-13-7-5-4-6-12(13)8-16(15,2)3/h4-7,10,15,17H,8-9H2,1-3H3. The van der Waals surface area contributed by atoms with Crippen molar-refractivity contribution in [3.8, 4) is 0 Å². The predicted octanol–water partition coefficient (Wildman–Crippen LogP) is 3.86. The van der Waals surface area contributed by atoms with Crippen molar-refractivity contribution in [2.45, 2.75) is 39.8 Å². The highest BCUT2D eigenvalue weighted by Gasteiger charge is 2.38. The Labute approximate surface area is 118 Å². The number of aromatic nitrogens is 1. The normalized spacial score (nSPS) is 20.5. The number of nitrogens with zero attached hydrogens (tertiary/aromatic N) is 1. The van der Waals surface area contributed by atoms with Crippen LogP contribution < -0.4 is 5.32 Å². The molecule has 19 heavy (non-hydrogen) atoms. The van der Waals surface area contributed by atoms with Crippen LogP contribution in [0.3, 0.4) is 0 Å². The molecule has 1 aliphatic rings. The zero-order valence-corrected chi connectivity index (χ0v) is 12.6. The van der Waals surface area contributed by atoms with Crippen LogP contribution in [0.2, 0.25) is 0 Å². The Bertz CT molecular complexity index is 586. The molecule has 1 unspecified atom stereocenters. The van der Waals surface area contributed by atoms with Crippen molar-refractivity contribution >= 4 is 11.3 Å². The second-order valence-electron chi connectivity index (χ2n) is 6.06. The molecule has 1 heterocycles. The van der Waals surface area contributed by atoms with E-state index in [1.165, 1.54) is 16.1 Å². The van der Waals surface area contributed by atoms with Gasteiger partial charge in [-0.1, -0.05) is 38.1 Å². The lowest BCUT2D eigenvalue weighted by Gasteiger charge is -2.28. The van der Waals surface area contributed by atoms with E-state index in [2.05, 4.69) is 60.7 Å². The number of benzene rings is 1. The van der Waals surface area contributed by atoms with Crippen LogP contribution in [0.25, 0.3) is 0 Å². The van der Waals surface area contributed by atoms with Crippen LogP contribution >= 0.6 is 11.3 Å². The van der Waals surface area contributed by atoms with Crippen molar-refractivity contribution in [1.29, 1.82) is 0 Å². The predicted molar refractivity (Wildman–Crippen MR) is 80.4 cm³/mol. The SMILES string of the molecule is Cc1csc(CNC2c3ccccc3CC2(C)C)n1. The summed E-state index contributed by atoms with van der Waals surface area (Å²) in [6.45, 7) is 7.60. The lowest BCUT2D eigenvalue weighted by atomic mass is 9.85. The van der Waals surface area contributed by atoms with Crippen molar-refractivity contribution in [3.05, 3.63) is 51.5 Å². The Morgan fingerprint density at radius 3 is 2.89 bits per heavy atom. The summed E-state index contributed by atoms with van der Waals surface area (Å²) < 4.78 is 0. The molecule has 2 nitrogen and oxygen atoms in total. The smallest absolute Gasteiger partial charge is 0.107 e. The van der Waals surface area contributed by atoms with E-state index < -0.39 is 0 Å². The third kappa shape index (κ3) is 2.45. The zero-order chi connectivity index (χ0) is 13.5. The first-order valence-corrected chi connectivity index (χ1v) is 7.66. The lowest BCUT2D eigenvalue weighted by molar-refractivity contribution is 0.268. The third-order valence-corrected chi connectivity index (χ3v) is 4.88. The minimum atomic E-state index is 0.274. The van der Waals surface area contributed by atoms with Gasteiger partial charge >= 0.3 is 0 Å². The number of aryl methyl sites for hydroxylation is 1. The van der Waals surface area contributed by atoms with Gasteiger partial charge in [0.1, 0.15) is 5.01 Å². The first-order valence-electron chi connectivity index (χ1n) is 6.78. The molecule has 1 aromatic carbocycles. The van der Waals surface area contributed by atoms with Crippen LogP contribution in [0.4, 0.5) is 0 Å². The summed E-state index contributed by atoms with van der Waals surface area (Å²) in [5, 5.41) is 7.00. The number of hydrogen-bond acceptors (Lipinski definition) is 3. The number of rotatable bonds is 3. The molecule has 1 aliphatic carbocycles. The van der Waals surface area contributed by atoms with Gasteiger partial charge in [0.15, 0.2) is 0 Å². The zero-order valence-electron chi connectivity index (χ0n) is 11.7. The maximum absolute atomic E-state index is 4.53. The summed E-state index contributed by atoms with van der Waals surface area (Å²) in [5.41, 5.74) is 4.34. The fourth-order valence-electron chi connectivity index (χ4n) is 3.05. The Balaban J connectivity index is 1.79. The molecule has 0 aliphatic heterocycles. The van der Waals surface area contributed by atoms with Gasteiger partial charge in [0.25, 0.3) is 0 Å². The van der Waals surface area contributed by atoms with Crippen molar-refractivity contribution < 1.29 is 0 Å². The second kappa shape index (κ2) is 4.73. The van der Waals surface area contributed by atoms with Gasteiger partial charge in [-0.05, 0) is 29.9 Å². The highest BCUT2D eigenvalue weighted by molar-refractivity contribution is 7.09. The molecule has 3 rings (SSSR count). The number of thiazole rings is 1. The molecule has 0 fully saturated rings. The van der Waals surface area contributed by atoms with E-state index in [-0.39, 0.29) is 5.41 Å². The van der Waals surface area contributed by atoms with Gasteiger partial charge in [-0.15, -0.1) is 11.3 Å². The molecule has 0 amide bonds. The highest BCUT2D eigenvalue weighted by atomic mass is 32.1. The molecule has 1 N–H and O–H groups in total. The van der Waals surface area contributed by atoms with Crippen LogP contribution in [-0.4, -0.2) is 4.98 Å².